The van der Waals surface area contributed by atoms with Crippen LogP contribution in [0.25, 0.3) is 0 Å². The summed E-state index contributed by atoms with van der Waals surface area (Å²) in [5.74, 6) is 0.0820. The first-order chi connectivity index (χ1) is 6.65. The minimum Gasteiger partial charge on any atom is -0.398 e. The quantitative estimate of drug-likeness (QED) is 0.559. The predicted molar refractivity (Wildman–Crippen MR) is 58.5 cm³/mol. The summed E-state index contributed by atoms with van der Waals surface area (Å²) in [6.07, 6.45) is 0. The Balaban J connectivity index is 2.76. The number of ketones is 1. The van der Waals surface area contributed by atoms with Gasteiger partial charge in [0.05, 0.1) is 6.54 Å². The number of carbonyl (C=O) groups is 1. The van der Waals surface area contributed by atoms with Gasteiger partial charge in [0.25, 0.3) is 0 Å². The van der Waals surface area contributed by atoms with Gasteiger partial charge in [-0.15, -0.1) is 0 Å². The monoisotopic (exact) mass is 192 g/mol. The number of hydrogen-bond donors (Lipinski definition) is 2. The number of likely N-dealkylation sites (N-methyl/N-ethyl adjacent to an activating group) is 1. The van der Waals surface area contributed by atoms with E-state index in [0.717, 1.165) is 12.1 Å². The number of anilines is 1. The van der Waals surface area contributed by atoms with E-state index in [0.29, 0.717) is 17.8 Å². The van der Waals surface area contributed by atoms with Crippen LogP contribution < -0.4 is 11.1 Å². The van der Waals surface area contributed by atoms with Crippen LogP contribution >= 0.6 is 0 Å². The number of aryl methyl sites for hydroxylation is 1. The van der Waals surface area contributed by atoms with Crippen LogP contribution in [0.15, 0.2) is 18.2 Å². The molecule has 0 heterocycles. The smallest absolute Gasteiger partial charge is 0.176 e. The van der Waals surface area contributed by atoms with Crippen molar-refractivity contribution in [2.24, 2.45) is 0 Å². The molecule has 0 aromatic heterocycles. The van der Waals surface area contributed by atoms with Crippen LogP contribution in [0.1, 0.15) is 22.8 Å². The van der Waals surface area contributed by atoms with E-state index in [9.17, 15) is 4.79 Å². The molecule has 0 bridgehead atoms. The van der Waals surface area contributed by atoms with E-state index < -0.39 is 0 Å². The summed E-state index contributed by atoms with van der Waals surface area (Å²) in [6.45, 7) is 5.07. The SMILES string of the molecule is CCNCC(=O)c1ccc(C)c(N)c1. The van der Waals surface area contributed by atoms with E-state index in [-0.39, 0.29) is 5.78 Å². The van der Waals surface area contributed by atoms with E-state index in [1.165, 1.54) is 0 Å². The lowest BCUT2D eigenvalue weighted by Crippen LogP contribution is -2.22. The third-order valence-corrected chi connectivity index (χ3v) is 2.14. The van der Waals surface area contributed by atoms with Crippen molar-refractivity contribution >= 4 is 11.5 Å². The van der Waals surface area contributed by atoms with Gasteiger partial charge in [0, 0.05) is 11.3 Å². The van der Waals surface area contributed by atoms with Gasteiger partial charge in [-0.25, -0.2) is 0 Å². The fourth-order valence-corrected chi connectivity index (χ4v) is 1.15. The maximum absolute atomic E-state index is 11.5. The molecule has 0 atom stereocenters. The molecule has 0 unspecified atom stereocenters. The molecule has 14 heavy (non-hydrogen) atoms. The van der Waals surface area contributed by atoms with Gasteiger partial charge in [0.2, 0.25) is 0 Å². The molecule has 0 saturated carbocycles. The zero-order valence-electron chi connectivity index (χ0n) is 8.63. The molecule has 1 aromatic carbocycles. The fourth-order valence-electron chi connectivity index (χ4n) is 1.15. The van der Waals surface area contributed by atoms with Crippen molar-refractivity contribution in [3.8, 4) is 0 Å². The van der Waals surface area contributed by atoms with Crippen molar-refractivity contribution in [2.75, 3.05) is 18.8 Å². The molecule has 0 aliphatic rings. The molecule has 1 aromatic rings. The van der Waals surface area contributed by atoms with Gasteiger partial charge in [0.15, 0.2) is 5.78 Å². The largest absolute Gasteiger partial charge is 0.398 e. The first kappa shape index (κ1) is 10.7. The Hall–Kier alpha value is -1.35. The molecule has 0 amide bonds. The van der Waals surface area contributed by atoms with Gasteiger partial charge in [0.1, 0.15) is 0 Å². The molecular weight excluding hydrogens is 176 g/mol. The topological polar surface area (TPSA) is 55.1 Å². The molecular formula is C11H16N2O. The summed E-state index contributed by atoms with van der Waals surface area (Å²) in [4.78, 5) is 11.5. The molecule has 0 spiro atoms. The summed E-state index contributed by atoms with van der Waals surface area (Å²) >= 11 is 0. The highest BCUT2D eigenvalue weighted by molar-refractivity contribution is 5.98. The van der Waals surface area contributed by atoms with E-state index in [1.54, 1.807) is 6.07 Å². The minimum absolute atomic E-state index is 0.0820. The normalized spacial score (nSPS) is 10.1. The van der Waals surface area contributed by atoms with Gasteiger partial charge in [-0.3, -0.25) is 4.79 Å². The lowest BCUT2D eigenvalue weighted by Gasteiger charge is -2.04. The highest BCUT2D eigenvalue weighted by Gasteiger charge is 2.05. The van der Waals surface area contributed by atoms with E-state index in [2.05, 4.69) is 5.32 Å². The number of rotatable bonds is 4. The fraction of sp³-hybridized carbons (Fsp3) is 0.364. The Morgan fingerprint density at radius 3 is 2.79 bits per heavy atom. The Morgan fingerprint density at radius 2 is 2.21 bits per heavy atom. The second-order valence-corrected chi connectivity index (χ2v) is 3.27. The van der Waals surface area contributed by atoms with E-state index in [4.69, 9.17) is 5.73 Å². The van der Waals surface area contributed by atoms with Crippen LogP contribution in [-0.2, 0) is 0 Å². The summed E-state index contributed by atoms with van der Waals surface area (Å²) in [5.41, 5.74) is 8.07. The molecule has 3 N–H and O–H groups in total. The Labute approximate surface area is 84.3 Å². The Bertz CT molecular complexity index is 334. The lowest BCUT2D eigenvalue weighted by molar-refractivity contribution is 0.0992. The molecule has 3 nitrogen and oxygen atoms in total. The molecule has 76 valence electrons. The molecule has 0 saturated heterocycles. The number of nitrogens with two attached hydrogens (primary N) is 1. The van der Waals surface area contributed by atoms with Crippen LogP contribution in [0.5, 0.6) is 0 Å². The van der Waals surface area contributed by atoms with Crippen LogP contribution in [0.2, 0.25) is 0 Å². The number of Topliss-reactive ketones (excluding diaryl/α,β-unsaturated/α-hetero) is 1. The number of hydrogen-bond acceptors (Lipinski definition) is 3. The molecule has 0 aliphatic heterocycles. The number of carbonyl (C=O) groups excluding carboxylic acids is 1. The van der Waals surface area contributed by atoms with Gasteiger partial charge in [-0.2, -0.15) is 0 Å². The molecule has 0 radical (unpaired) electrons. The number of nitrogen functional groups attached to an aromatic ring is 1. The summed E-state index contributed by atoms with van der Waals surface area (Å²) in [6, 6.07) is 5.41. The summed E-state index contributed by atoms with van der Waals surface area (Å²) < 4.78 is 0. The highest BCUT2D eigenvalue weighted by atomic mass is 16.1. The zero-order valence-corrected chi connectivity index (χ0v) is 8.63. The van der Waals surface area contributed by atoms with Crippen molar-refractivity contribution in [1.82, 2.24) is 5.32 Å². The van der Waals surface area contributed by atoms with Crippen molar-refractivity contribution in [2.45, 2.75) is 13.8 Å². The average Bonchev–Trinajstić information content (AvgIpc) is 2.18. The van der Waals surface area contributed by atoms with Gasteiger partial charge < -0.3 is 11.1 Å². The van der Waals surface area contributed by atoms with Gasteiger partial charge in [-0.1, -0.05) is 19.1 Å². The second kappa shape index (κ2) is 4.77. The van der Waals surface area contributed by atoms with Crippen molar-refractivity contribution in [3.63, 3.8) is 0 Å². The summed E-state index contributed by atoms with van der Waals surface area (Å²) in [5, 5.41) is 2.99. The van der Waals surface area contributed by atoms with Crippen molar-refractivity contribution in [3.05, 3.63) is 29.3 Å². The van der Waals surface area contributed by atoms with Crippen LogP contribution in [-0.4, -0.2) is 18.9 Å². The van der Waals surface area contributed by atoms with Crippen molar-refractivity contribution < 1.29 is 4.79 Å². The summed E-state index contributed by atoms with van der Waals surface area (Å²) in [7, 11) is 0. The maximum Gasteiger partial charge on any atom is 0.176 e. The zero-order chi connectivity index (χ0) is 10.6. The minimum atomic E-state index is 0.0820. The van der Waals surface area contributed by atoms with E-state index in [1.807, 2.05) is 26.0 Å². The first-order valence-electron chi connectivity index (χ1n) is 4.75. The molecule has 0 aliphatic carbocycles. The maximum atomic E-state index is 11.5. The standard InChI is InChI=1S/C11H16N2O/c1-3-13-7-11(14)9-5-4-8(2)10(12)6-9/h4-6,13H,3,7,12H2,1-2H3. The molecule has 3 heteroatoms. The highest BCUT2D eigenvalue weighted by Crippen LogP contribution is 2.12. The van der Waals surface area contributed by atoms with Crippen LogP contribution in [0, 0.1) is 6.92 Å². The van der Waals surface area contributed by atoms with Crippen LogP contribution in [0.4, 0.5) is 5.69 Å². The molecule has 1 rings (SSSR count). The lowest BCUT2D eigenvalue weighted by atomic mass is 10.1. The first-order valence-corrected chi connectivity index (χ1v) is 4.75. The van der Waals surface area contributed by atoms with Crippen LogP contribution in [0.3, 0.4) is 0 Å². The third kappa shape index (κ3) is 2.57. The number of nitrogens with one attached hydrogen (secondary N) is 1. The number of benzene rings is 1. The van der Waals surface area contributed by atoms with Gasteiger partial charge in [-0.05, 0) is 25.1 Å². The third-order valence-electron chi connectivity index (χ3n) is 2.14. The second-order valence-electron chi connectivity index (χ2n) is 3.27. The molecule has 0 fully saturated rings. The Morgan fingerprint density at radius 1 is 1.50 bits per heavy atom. The van der Waals surface area contributed by atoms with Gasteiger partial charge >= 0.3 is 0 Å². The Kier molecular flexibility index (Phi) is 3.65. The van der Waals surface area contributed by atoms with Crippen molar-refractivity contribution in [1.29, 1.82) is 0 Å². The average molecular weight is 192 g/mol. The predicted octanol–water partition coefficient (Wildman–Crippen LogP) is 1.37. The van der Waals surface area contributed by atoms with E-state index >= 15 is 0 Å².